The summed E-state index contributed by atoms with van der Waals surface area (Å²) in [5.41, 5.74) is 4.97. The van der Waals surface area contributed by atoms with Crippen LogP contribution in [-0.2, 0) is 0 Å². The minimum atomic E-state index is -1.06. The molecule has 0 spiro atoms. The van der Waals surface area contributed by atoms with Crippen LogP contribution < -0.4 is 0 Å². The Kier molecular flexibility index (Phi) is 4.10. The summed E-state index contributed by atoms with van der Waals surface area (Å²) >= 11 is 0. The molecular formula is C14H20Si. The fraction of sp³-hybridized carbons (Fsp3) is 0.286. The highest BCUT2D eigenvalue weighted by Crippen LogP contribution is 2.09. The van der Waals surface area contributed by atoms with Crippen LogP contribution in [0, 0.1) is 0 Å². The highest BCUT2D eigenvalue weighted by molar-refractivity contribution is 6.81. The Labute approximate surface area is 94.4 Å². The summed E-state index contributed by atoms with van der Waals surface area (Å²) < 4.78 is 0. The predicted octanol–water partition coefficient (Wildman–Crippen LogP) is 4.52. The van der Waals surface area contributed by atoms with Crippen molar-refractivity contribution in [2.24, 2.45) is 0 Å². The molecule has 0 unspecified atom stereocenters. The minimum Gasteiger partial charge on any atom is -0.0947 e. The van der Waals surface area contributed by atoms with Crippen LogP contribution in [0.25, 0.3) is 6.08 Å². The van der Waals surface area contributed by atoms with Crippen LogP contribution in [0.15, 0.2) is 47.7 Å². The molecule has 0 nitrogen and oxygen atoms in total. The van der Waals surface area contributed by atoms with E-state index >= 15 is 0 Å². The molecule has 80 valence electrons. The molecule has 1 heteroatoms. The first kappa shape index (κ1) is 12.0. The van der Waals surface area contributed by atoms with E-state index in [4.69, 9.17) is 0 Å². The first-order chi connectivity index (χ1) is 6.97. The van der Waals surface area contributed by atoms with E-state index in [0.29, 0.717) is 0 Å². The van der Waals surface area contributed by atoms with Gasteiger partial charge in [0.05, 0.1) is 8.07 Å². The second-order valence-electron chi connectivity index (χ2n) is 5.00. The lowest BCUT2D eigenvalue weighted by Crippen LogP contribution is -2.15. The number of rotatable bonds is 3. The Hall–Kier alpha value is -1.08. The van der Waals surface area contributed by atoms with Gasteiger partial charge in [0, 0.05) is 0 Å². The number of benzene rings is 1. The predicted molar refractivity (Wildman–Crippen MR) is 72.6 cm³/mol. The minimum absolute atomic E-state index is 1.06. The van der Waals surface area contributed by atoms with Gasteiger partial charge in [0.2, 0.25) is 0 Å². The van der Waals surface area contributed by atoms with Gasteiger partial charge in [-0.1, -0.05) is 73.4 Å². The number of hydrogen-bond acceptors (Lipinski definition) is 0. The van der Waals surface area contributed by atoms with E-state index in [2.05, 4.69) is 68.7 Å². The molecule has 1 aromatic rings. The van der Waals surface area contributed by atoms with E-state index in [1.807, 2.05) is 6.07 Å². The van der Waals surface area contributed by atoms with Crippen molar-refractivity contribution in [3.05, 3.63) is 53.2 Å². The van der Waals surface area contributed by atoms with E-state index in [-0.39, 0.29) is 0 Å². The third-order valence-electron chi connectivity index (χ3n) is 2.04. The Bertz CT molecular complexity index is 353. The molecule has 0 aliphatic rings. The number of allylic oxidation sites excluding steroid dienone is 2. The third kappa shape index (κ3) is 5.38. The molecular weight excluding hydrogens is 196 g/mol. The van der Waals surface area contributed by atoms with Crippen LogP contribution in [0.2, 0.25) is 19.6 Å². The number of hydrogen-bond donors (Lipinski definition) is 0. The third-order valence-corrected chi connectivity index (χ3v) is 3.21. The first-order valence-electron chi connectivity index (χ1n) is 5.40. The normalized spacial score (nSPS) is 13.5. The van der Waals surface area contributed by atoms with Crippen molar-refractivity contribution in [1.82, 2.24) is 0 Å². The molecule has 0 aromatic heterocycles. The Morgan fingerprint density at radius 1 is 1.07 bits per heavy atom. The van der Waals surface area contributed by atoms with Crippen LogP contribution in [0.1, 0.15) is 12.5 Å². The smallest absolute Gasteiger partial charge is 0.0687 e. The molecule has 0 radical (unpaired) electrons. The van der Waals surface area contributed by atoms with E-state index in [1.54, 1.807) is 0 Å². The van der Waals surface area contributed by atoms with Gasteiger partial charge in [-0.15, -0.1) is 0 Å². The summed E-state index contributed by atoms with van der Waals surface area (Å²) in [6.07, 6.45) is 4.47. The fourth-order valence-electron chi connectivity index (χ4n) is 1.24. The second-order valence-corrected chi connectivity index (χ2v) is 10.1. The van der Waals surface area contributed by atoms with Crippen molar-refractivity contribution in [2.75, 3.05) is 0 Å². The van der Waals surface area contributed by atoms with E-state index in [9.17, 15) is 0 Å². The van der Waals surface area contributed by atoms with E-state index in [0.717, 1.165) is 0 Å². The largest absolute Gasteiger partial charge is 0.0947 e. The van der Waals surface area contributed by atoms with Crippen molar-refractivity contribution >= 4 is 14.1 Å². The van der Waals surface area contributed by atoms with Gasteiger partial charge in [-0.2, -0.15) is 0 Å². The molecule has 0 atom stereocenters. The summed E-state index contributed by atoms with van der Waals surface area (Å²) in [5.74, 6) is 0. The molecule has 1 aromatic carbocycles. The maximum absolute atomic E-state index is 2.38. The summed E-state index contributed by atoms with van der Waals surface area (Å²) in [7, 11) is -1.06. The van der Waals surface area contributed by atoms with Crippen LogP contribution in [-0.4, -0.2) is 8.07 Å². The van der Waals surface area contributed by atoms with Gasteiger partial charge in [0.25, 0.3) is 0 Å². The van der Waals surface area contributed by atoms with Crippen LogP contribution in [0.4, 0.5) is 0 Å². The average Bonchev–Trinajstić information content (AvgIpc) is 2.15. The standard InChI is InChI=1S/C14H20Si/c1-13(10-11-15(2,3)4)12-14-8-6-5-7-9-14/h5-12H,1-4H3. The fourth-order valence-corrected chi connectivity index (χ4v) is 2.00. The lowest BCUT2D eigenvalue weighted by atomic mass is 10.1. The summed E-state index contributed by atoms with van der Waals surface area (Å²) in [6.45, 7) is 9.20. The molecule has 0 bridgehead atoms. The van der Waals surface area contributed by atoms with Crippen LogP contribution in [0.5, 0.6) is 0 Å². The maximum Gasteiger partial charge on any atom is 0.0687 e. The van der Waals surface area contributed by atoms with Gasteiger partial charge in [0.1, 0.15) is 0 Å². The Balaban J connectivity index is 2.74. The van der Waals surface area contributed by atoms with Crippen LogP contribution >= 0.6 is 0 Å². The van der Waals surface area contributed by atoms with Crippen molar-refractivity contribution in [3.63, 3.8) is 0 Å². The topological polar surface area (TPSA) is 0 Å². The SMILES string of the molecule is CC(C=C[Si](C)(C)C)=Cc1ccccc1. The van der Waals surface area contributed by atoms with Crippen molar-refractivity contribution in [1.29, 1.82) is 0 Å². The molecule has 0 saturated heterocycles. The van der Waals surface area contributed by atoms with E-state index in [1.165, 1.54) is 11.1 Å². The maximum atomic E-state index is 2.38. The zero-order chi connectivity index (χ0) is 11.3. The molecule has 0 fully saturated rings. The zero-order valence-corrected chi connectivity index (χ0v) is 11.1. The summed E-state index contributed by atoms with van der Waals surface area (Å²) in [5, 5.41) is 0. The first-order valence-corrected chi connectivity index (χ1v) is 8.98. The van der Waals surface area contributed by atoms with Crippen LogP contribution in [0.3, 0.4) is 0 Å². The van der Waals surface area contributed by atoms with Crippen molar-refractivity contribution < 1.29 is 0 Å². The highest BCUT2D eigenvalue weighted by Gasteiger charge is 2.06. The molecule has 0 saturated carbocycles. The molecule has 0 heterocycles. The Morgan fingerprint density at radius 2 is 1.67 bits per heavy atom. The second kappa shape index (κ2) is 5.13. The van der Waals surface area contributed by atoms with Gasteiger partial charge in [0.15, 0.2) is 0 Å². The molecule has 15 heavy (non-hydrogen) atoms. The van der Waals surface area contributed by atoms with Gasteiger partial charge in [-0.05, 0) is 12.5 Å². The molecule has 0 aliphatic heterocycles. The van der Waals surface area contributed by atoms with E-state index < -0.39 is 8.07 Å². The Morgan fingerprint density at radius 3 is 2.20 bits per heavy atom. The molecule has 0 aliphatic carbocycles. The lowest BCUT2D eigenvalue weighted by Gasteiger charge is -2.08. The molecule has 0 amide bonds. The summed E-state index contributed by atoms with van der Waals surface area (Å²) in [6, 6.07) is 10.4. The van der Waals surface area contributed by atoms with Gasteiger partial charge in [-0.3, -0.25) is 0 Å². The van der Waals surface area contributed by atoms with Gasteiger partial charge >= 0.3 is 0 Å². The molecule has 1 rings (SSSR count). The lowest BCUT2D eigenvalue weighted by molar-refractivity contribution is 1.54. The average molecular weight is 216 g/mol. The summed E-state index contributed by atoms with van der Waals surface area (Å²) in [4.78, 5) is 0. The van der Waals surface area contributed by atoms with Gasteiger partial charge in [-0.25, -0.2) is 0 Å². The molecule has 0 N–H and O–H groups in total. The quantitative estimate of drug-likeness (QED) is 0.514. The van der Waals surface area contributed by atoms with Crippen molar-refractivity contribution in [2.45, 2.75) is 26.6 Å². The van der Waals surface area contributed by atoms with Crippen molar-refractivity contribution in [3.8, 4) is 0 Å². The monoisotopic (exact) mass is 216 g/mol. The highest BCUT2D eigenvalue weighted by atomic mass is 28.3. The van der Waals surface area contributed by atoms with Gasteiger partial charge < -0.3 is 0 Å². The zero-order valence-electron chi connectivity index (χ0n) is 10.1.